The predicted molar refractivity (Wildman–Crippen MR) is 92.0 cm³/mol. The molecule has 0 spiro atoms. The van der Waals surface area contributed by atoms with E-state index in [9.17, 15) is 9.90 Å². The number of anilines is 2. The fraction of sp³-hybridized carbons (Fsp3) is 0. The summed E-state index contributed by atoms with van der Waals surface area (Å²) in [5.41, 5.74) is 0.746. The molecular formula is C17H12N4O2S. The van der Waals surface area contributed by atoms with Gasteiger partial charge < -0.3 is 15.7 Å². The van der Waals surface area contributed by atoms with Gasteiger partial charge in [-0.15, -0.1) is 0 Å². The zero-order valence-electron chi connectivity index (χ0n) is 12.4. The minimum absolute atomic E-state index is 0.0818. The summed E-state index contributed by atoms with van der Waals surface area (Å²) < 4.78 is 0. The quantitative estimate of drug-likeness (QED) is 0.254. The van der Waals surface area contributed by atoms with E-state index in [-0.39, 0.29) is 17.0 Å². The average molecular weight is 336 g/mol. The summed E-state index contributed by atoms with van der Waals surface area (Å²) in [5.74, 6) is -0.718. The second-order valence-corrected chi connectivity index (χ2v) is 5.36. The molecule has 0 fully saturated rings. The molecule has 0 aromatic heterocycles. The number of nitrogens with zero attached hydrogens (tertiary/aromatic N) is 2. The number of carbonyl (C=O) groups excluding carboxylic acids is 1. The van der Waals surface area contributed by atoms with Gasteiger partial charge in [0.2, 0.25) is 0 Å². The molecule has 3 N–H and O–H groups in total. The average Bonchev–Trinajstić information content (AvgIpc) is 2.59. The van der Waals surface area contributed by atoms with Crippen molar-refractivity contribution in [1.29, 1.82) is 10.5 Å². The van der Waals surface area contributed by atoms with E-state index in [0.717, 1.165) is 16.7 Å². The number of para-hydroxylation sites is 2. The molecule has 2 aromatic rings. The molecule has 24 heavy (non-hydrogen) atoms. The van der Waals surface area contributed by atoms with Crippen molar-refractivity contribution in [3.8, 4) is 17.2 Å². The van der Waals surface area contributed by atoms with Gasteiger partial charge in [0.15, 0.2) is 0 Å². The van der Waals surface area contributed by atoms with Crippen molar-refractivity contribution in [3.63, 3.8) is 0 Å². The second kappa shape index (κ2) is 8.28. The van der Waals surface area contributed by atoms with Crippen LogP contribution >= 0.6 is 11.8 Å². The molecule has 0 heterocycles. The maximum Gasteiger partial charge on any atom is 0.267 e. The number of amides is 1. The monoisotopic (exact) mass is 336 g/mol. The predicted octanol–water partition coefficient (Wildman–Crippen LogP) is 3.42. The first-order valence-corrected chi connectivity index (χ1v) is 7.58. The number of nitrogens with one attached hydrogen (secondary N) is 2. The fourth-order valence-corrected chi connectivity index (χ4v) is 2.12. The van der Waals surface area contributed by atoms with Crippen molar-refractivity contribution >= 4 is 29.0 Å². The number of carbonyl (C=O) groups is 1. The Morgan fingerprint density at radius 1 is 1.12 bits per heavy atom. The highest BCUT2D eigenvalue weighted by Crippen LogP contribution is 2.22. The molecule has 1 amide bonds. The third-order valence-electron chi connectivity index (χ3n) is 2.92. The fourth-order valence-electron chi connectivity index (χ4n) is 1.74. The summed E-state index contributed by atoms with van der Waals surface area (Å²) in [6, 6.07) is 15.0. The van der Waals surface area contributed by atoms with Crippen LogP contribution in [0.25, 0.3) is 0 Å². The van der Waals surface area contributed by atoms with Crippen molar-refractivity contribution in [2.75, 3.05) is 10.6 Å². The summed E-state index contributed by atoms with van der Waals surface area (Å²) in [4.78, 5) is 12.9. The van der Waals surface area contributed by atoms with Crippen LogP contribution in [0.3, 0.4) is 0 Å². The lowest BCUT2D eigenvalue weighted by Gasteiger charge is -2.07. The number of phenols is 1. The van der Waals surface area contributed by atoms with Gasteiger partial charge in [-0.3, -0.25) is 4.79 Å². The van der Waals surface area contributed by atoms with Gasteiger partial charge in [0.1, 0.15) is 22.8 Å². The van der Waals surface area contributed by atoms with Crippen LogP contribution < -0.4 is 10.6 Å². The van der Waals surface area contributed by atoms with Crippen molar-refractivity contribution in [3.05, 3.63) is 60.3 Å². The van der Waals surface area contributed by atoms with E-state index in [1.807, 2.05) is 5.40 Å². The minimum Gasteiger partial charge on any atom is -0.506 e. The van der Waals surface area contributed by atoms with Gasteiger partial charge in [0.05, 0.1) is 5.69 Å². The van der Waals surface area contributed by atoms with Gasteiger partial charge in [0.25, 0.3) is 5.91 Å². The summed E-state index contributed by atoms with van der Waals surface area (Å²) in [7, 11) is 0. The van der Waals surface area contributed by atoms with Crippen molar-refractivity contribution in [1.82, 2.24) is 0 Å². The Morgan fingerprint density at radius 3 is 2.46 bits per heavy atom. The van der Waals surface area contributed by atoms with E-state index >= 15 is 0 Å². The number of thiocyanates is 1. The Labute approximate surface area is 143 Å². The van der Waals surface area contributed by atoms with Crippen molar-refractivity contribution in [2.45, 2.75) is 4.90 Å². The number of hydrogen-bond donors (Lipinski definition) is 3. The molecule has 0 unspecified atom stereocenters. The van der Waals surface area contributed by atoms with Crippen LogP contribution in [-0.4, -0.2) is 11.0 Å². The Bertz CT molecular complexity index is 848. The Kier molecular flexibility index (Phi) is 5.84. The largest absolute Gasteiger partial charge is 0.506 e. The molecule has 0 radical (unpaired) electrons. The molecule has 0 atom stereocenters. The highest BCUT2D eigenvalue weighted by Gasteiger charge is 2.11. The molecule has 2 aromatic carbocycles. The van der Waals surface area contributed by atoms with Gasteiger partial charge in [-0.25, -0.2) is 0 Å². The Morgan fingerprint density at radius 2 is 1.83 bits per heavy atom. The standard InChI is InChI=1S/C17H12N4O2S/c18-9-12(17(23)21-15-3-1-2-4-16(15)22)10-20-13-5-7-14(8-6-13)24-11-19/h1-8,10,20,22H,(H,21,23)/b12-10-. The van der Waals surface area contributed by atoms with Crippen molar-refractivity contribution < 1.29 is 9.90 Å². The molecular weight excluding hydrogens is 324 g/mol. The van der Waals surface area contributed by atoms with Gasteiger partial charge in [-0.1, -0.05) is 12.1 Å². The normalized spacial score (nSPS) is 10.3. The second-order valence-electron chi connectivity index (χ2n) is 4.50. The van der Waals surface area contributed by atoms with Crippen LogP contribution in [0.4, 0.5) is 11.4 Å². The molecule has 6 nitrogen and oxygen atoms in total. The first-order chi connectivity index (χ1) is 11.6. The lowest BCUT2D eigenvalue weighted by atomic mass is 10.2. The third kappa shape index (κ3) is 4.54. The number of benzene rings is 2. The van der Waals surface area contributed by atoms with Gasteiger partial charge in [-0.05, 0) is 48.2 Å². The lowest BCUT2D eigenvalue weighted by molar-refractivity contribution is -0.112. The smallest absolute Gasteiger partial charge is 0.267 e. The topological polar surface area (TPSA) is 109 Å². The zero-order chi connectivity index (χ0) is 17.4. The molecule has 0 aliphatic heterocycles. The van der Waals surface area contributed by atoms with Gasteiger partial charge in [0, 0.05) is 16.8 Å². The third-order valence-corrected chi connectivity index (χ3v) is 3.52. The maximum absolute atomic E-state index is 12.1. The molecule has 0 aliphatic carbocycles. The number of aromatic hydroxyl groups is 1. The van der Waals surface area contributed by atoms with E-state index in [4.69, 9.17) is 10.5 Å². The highest BCUT2D eigenvalue weighted by molar-refractivity contribution is 8.03. The van der Waals surface area contributed by atoms with Crippen molar-refractivity contribution in [2.24, 2.45) is 0 Å². The van der Waals surface area contributed by atoms with E-state index in [1.54, 1.807) is 42.5 Å². The molecule has 0 bridgehead atoms. The SMILES string of the molecule is N#CSc1ccc(N/C=C(/C#N)C(=O)Nc2ccccc2O)cc1. The Hall–Kier alpha value is -3.42. The van der Waals surface area contributed by atoms with Crippen LogP contribution in [-0.2, 0) is 4.79 Å². The minimum atomic E-state index is -0.636. The number of phenolic OH excluding ortho intramolecular Hbond substituents is 1. The van der Waals surface area contributed by atoms with Gasteiger partial charge >= 0.3 is 0 Å². The molecule has 118 valence electrons. The van der Waals surface area contributed by atoms with Gasteiger partial charge in [-0.2, -0.15) is 10.5 Å². The molecule has 0 aliphatic rings. The summed E-state index contributed by atoms with van der Waals surface area (Å²) in [6.45, 7) is 0. The lowest BCUT2D eigenvalue weighted by Crippen LogP contribution is -2.14. The number of hydrogen-bond acceptors (Lipinski definition) is 6. The zero-order valence-corrected chi connectivity index (χ0v) is 13.2. The molecule has 2 rings (SSSR count). The van der Waals surface area contributed by atoms with Crippen LogP contribution in [0, 0.1) is 22.0 Å². The van der Waals surface area contributed by atoms with Crippen LogP contribution in [0.1, 0.15) is 0 Å². The first kappa shape index (κ1) is 16.9. The van der Waals surface area contributed by atoms with Crippen LogP contribution in [0.2, 0.25) is 0 Å². The molecule has 7 heteroatoms. The number of thioether (sulfide) groups is 1. The van der Waals surface area contributed by atoms with E-state index in [0.29, 0.717) is 5.69 Å². The van der Waals surface area contributed by atoms with E-state index in [2.05, 4.69) is 10.6 Å². The summed E-state index contributed by atoms with van der Waals surface area (Å²) in [6.07, 6.45) is 1.28. The highest BCUT2D eigenvalue weighted by atomic mass is 32.2. The van der Waals surface area contributed by atoms with E-state index in [1.165, 1.54) is 18.3 Å². The maximum atomic E-state index is 12.1. The van der Waals surface area contributed by atoms with E-state index < -0.39 is 5.91 Å². The summed E-state index contributed by atoms with van der Waals surface area (Å²) >= 11 is 1.04. The molecule has 0 saturated carbocycles. The number of rotatable bonds is 5. The van der Waals surface area contributed by atoms with Crippen LogP contribution in [0.15, 0.2) is 65.2 Å². The number of nitriles is 2. The summed E-state index contributed by atoms with van der Waals surface area (Å²) in [5, 5.41) is 34.6. The Balaban J connectivity index is 2.06. The van der Waals surface area contributed by atoms with Crippen LogP contribution in [0.5, 0.6) is 5.75 Å². The first-order valence-electron chi connectivity index (χ1n) is 6.76. The molecule has 0 saturated heterocycles.